The van der Waals surface area contributed by atoms with Crippen molar-refractivity contribution in [2.75, 3.05) is 6.61 Å². The number of hydroxylamine groups is 1. The van der Waals surface area contributed by atoms with Crippen molar-refractivity contribution in [3.8, 4) is 0 Å². The van der Waals surface area contributed by atoms with Gasteiger partial charge in [-0.05, 0) is 25.0 Å². The number of hydrogen-bond donors (Lipinski definition) is 1. The topological polar surface area (TPSA) is 77.5 Å². The van der Waals surface area contributed by atoms with Gasteiger partial charge in [-0.15, -0.1) is 5.48 Å². The molecule has 1 aromatic heterocycles. The van der Waals surface area contributed by atoms with Crippen LogP contribution in [0.1, 0.15) is 31.1 Å². The van der Waals surface area contributed by atoms with E-state index in [-0.39, 0.29) is 12.5 Å². The SMILES string of the molecule is CCOC(=O)[C@@H](NOC(=O)c1cccnc1)C(C)C. The average Bonchev–Trinajstić information content (AvgIpc) is 2.39. The summed E-state index contributed by atoms with van der Waals surface area (Å²) in [6.45, 7) is 5.65. The maximum absolute atomic E-state index is 11.7. The van der Waals surface area contributed by atoms with Gasteiger partial charge in [0.2, 0.25) is 0 Å². The molecule has 0 saturated heterocycles. The summed E-state index contributed by atoms with van der Waals surface area (Å²) >= 11 is 0. The molecule has 0 bridgehead atoms. The Morgan fingerprint density at radius 3 is 2.68 bits per heavy atom. The molecule has 0 aliphatic carbocycles. The zero-order valence-corrected chi connectivity index (χ0v) is 11.3. The minimum absolute atomic E-state index is 0.0688. The molecule has 1 N–H and O–H groups in total. The number of carbonyl (C=O) groups excluding carboxylic acids is 2. The van der Waals surface area contributed by atoms with Crippen molar-refractivity contribution < 1.29 is 19.2 Å². The Morgan fingerprint density at radius 2 is 2.16 bits per heavy atom. The molecule has 104 valence electrons. The third kappa shape index (κ3) is 4.67. The first-order valence-electron chi connectivity index (χ1n) is 6.09. The summed E-state index contributed by atoms with van der Waals surface area (Å²) in [5, 5.41) is 0. The molecule has 1 atom stereocenters. The summed E-state index contributed by atoms with van der Waals surface area (Å²) in [7, 11) is 0. The largest absolute Gasteiger partial charge is 0.465 e. The van der Waals surface area contributed by atoms with Gasteiger partial charge in [0.05, 0.1) is 12.2 Å². The van der Waals surface area contributed by atoms with Crippen molar-refractivity contribution in [2.45, 2.75) is 26.8 Å². The van der Waals surface area contributed by atoms with Gasteiger partial charge in [0.15, 0.2) is 0 Å². The quantitative estimate of drug-likeness (QED) is 0.618. The molecule has 0 saturated carbocycles. The van der Waals surface area contributed by atoms with E-state index < -0.39 is 18.0 Å². The number of nitrogens with zero attached hydrogens (tertiary/aromatic N) is 1. The van der Waals surface area contributed by atoms with E-state index in [0.717, 1.165) is 0 Å². The molecule has 0 radical (unpaired) electrons. The molecule has 1 heterocycles. The third-order valence-corrected chi connectivity index (χ3v) is 2.38. The van der Waals surface area contributed by atoms with Crippen LogP contribution in [-0.4, -0.2) is 29.6 Å². The van der Waals surface area contributed by atoms with E-state index in [0.29, 0.717) is 5.56 Å². The van der Waals surface area contributed by atoms with Crippen molar-refractivity contribution in [3.63, 3.8) is 0 Å². The smallest absolute Gasteiger partial charge is 0.358 e. The highest BCUT2D eigenvalue weighted by Gasteiger charge is 2.25. The van der Waals surface area contributed by atoms with Crippen LogP contribution < -0.4 is 5.48 Å². The van der Waals surface area contributed by atoms with Crippen LogP contribution in [0.4, 0.5) is 0 Å². The van der Waals surface area contributed by atoms with Crippen LogP contribution in [0.5, 0.6) is 0 Å². The molecule has 0 aliphatic rings. The van der Waals surface area contributed by atoms with E-state index in [1.165, 1.54) is 6.20 Å². The lowest BCUT2D eigenvalue weighted by Gasteiger charge is -2.19. The summed E-state index contributed by atoms with van der Waals surface area (Å²) in [5.74, 6) is -1.11. The number of esters is 1. The number of nitrogens with one attached hydrogen (secondary N) is 1. The third-order valence-electron chi connectivity index (χ3n) is 2.38. The van der Waals surface area contributed by atoms with Crippen LogP contribution in [0.15, 0.2) is 24.5 Å². The van der Waals surface area contributed by atoms with Crippen LogP contribution in [0.25, 0.3) is 0 Å². The van der Waals surface area contributed by atoms with E-state index >= 15 is 0 Å². The number of ether oxygens (including phenoxy) is 1. The Labute approximate surface area is 112 Å². The van der Waals surface area contributed by atoms with Gasteiger partial charge in [-0.3, -0.25) is 9.78 Å². The van der Waals surface area contributed by atoms with Gasteiger partial charge in [-0.1, -0.05) is 13.8 Å². The Hall–Kier alpha value is -1.95. The number of hydrogen-bond acceptors (Lipinski definition) is 6. The second-order valence-corrected chi connectivity index (χ2v) is 4.22. The Morgan fingerprint density at radius 1 is 1.42 bits per heavy atom. The summed E-state index contributed by atoms with van der Waals surface area (Å²) < 4.78 is 4.90. The fraction of sp³-hybridized carbons (Fsp3) is 0.462. The van der Waals surface area contributed by atoms with E-state index in [2.05, 4.69) is 10.5 Å². The van der Waals surface area contributed by atoms with Crippen LogP contribution >= 0.6 is 0 Å². The molecule has 0 aliphatic heterocycles. The van der Waals surface area contributed by atoms with Crippen LogP contribution in [0.2, 0.25) is 0 Å². The van der Waals surface area contributed by atoms with E-state index in [1.54, 1.807) is 25.3 Å². The first-order valence-corrected chi connectivity index (χ1v) is 6.09. The van der Waals surface area contributed by atoms with Gasteiger partial charge in [0, 0.05) is 12.4 Å². The van der Waals surface area contributed by atoms with Gasteiger partial charge < -0.3 is 9.57 Å². The number of aromatic nitrogens is 1. The molecule has 1 rings (SSSR count). The van der Waals surface area contributed by atoms with Gasteiger partial charge in [0.1, 0.15) is 6.04 Å². The molecule has 1 aromatic rings. The predicted octanol–water partition coefficient (Wildman–Crippen LogP) is 1.33. The molecule has 0 spiro atoms. The van der Waals surface area contributed by atoms with Crippen molar-refractivity contribution in [1.82, 2.24) is 10.5 Å². The molecule has 19 heavy (non-hydrogen) atoms. The maximum atomic E-state index is 11.7. The highest BCUT2D eigenvalue weighted by Crippen LogP contribution is 2.05. The minimum Gasteiger partial charge on any atom is -0.465 e. The Balaban J connectivity index is 2.57. The van der Waals surface area contributed by atoms with Crippen molar-refractivity contribution in [1.29, 1.82) is 0 Å². The average molecular weight is 266 g/mol. The van der Waals surface area contributed by atoms with Gasteiger partial charge in [-0.25, -0.2) is 4.79 Å². The summed E-state index contributed by atoms with van der Waals surface area (Å²) in [4.78, 5) is 32.0. The summed E-state index contributed by atoms with van der Waals surface area (Å²) in [6, 6.07) is 2.51. The van der Waals surface area contributed by atoms with Crippen molar-refractivity contribution >= 4 is 11.9 Å². The Bertz CT molecular complexity index is 420. The zero-order chi connectivity index (χ0) is 14.3. The molecule has 6 nitrogen and oxygen atoms in total. The monoisotopic (exact) mass is 266 g/mol. The number of carbonyl (C=O) groups is 2. The van der Waals surface area contributed by atoms with Gasteiger partial charge >= 0.3 is 11.9 Å². The molecule has 6 heteroatoms. The van der Waals surface area contributed by atoms with E-state index in [1.807, 2.05) is 13.8 Å². The lowest BCUT2D eigenvalue weighted by molar-refractivity contribution is -0.150. The minimum atomic E-state index is -0.694. The normalized spacial score (nSPS) is 12.0. The standard InChI is InChI=1S/C13H18N2O4/c1-4-18-13(17)11(9(2)3)15-19-12(16)10-6-5-7-14-8-10/h5-9,11,15H,4H2,1-3H3/t11-/m0/s1. The van der Waals surface area contributed by atoms with Crippen molar-refractivity contribution in [2.24, 2.45) is 5.92 Å². The Kier molecular flexibility index (Phi) is 5.95. The lowest BCUT2D eigenvalue weighted by atomic mass is 10.1. The van der Waals surface area contributed by atoms with Crippen LogP contribution in [0, 0.1) is 5.92 Å². The molecule has 0 fully saturated rings. The van der Waals surface area contributed by atoms with Gasteiger partial charge in [-0.2, -0.15) is 0 Å². The lowest BCUT2D eigenvalue weighted by Crippen LogP contribution is -2.43. The highest BCUT2D eigenvalue weighted by molar-refractivity contribution is 5.88. The predicted molar refractivity (Wildman–Crippen MR) is 68.0 cm³/mol. The number of rotatable bonds is 6. The maximum Gasteiger partial charge on any atom is 0.358 e. The number of pyridine rings is 1. The molecular weight excluding hydrogens is 248 g/mol. The fourth-order valence-corrected chi connectivity index (χ4v) is 1.35. The second-order valence-electron chi connectivity index (χ2n) is 4.22. The molecule has 0 unspecified atom stereocenters. The molecule has 0 aromatic carbocycles. The fourth-order valence-electron chi connectivity index (χ4n) is 1.35. The van der Waals surface area contributed by atoms with E-state index in [4.69, 9.17) is 9.57 Å². The first kappa shape index (κ1) is 15.1. The van der Waals surface area contributed by atoms with Crippen LogP contribution in [-0.2, 0) is 14.4 Å². The molecule has 0 amide bonds. The highest BCUT2D eigenvalue weighted by atomic mass is 16.7. The zero-order valence-electron chi connectivity index (χ0n) is 11.3. The van der Waals surface area contributed by atoms with Gasteiger partial charge in [0.25, 0.3) is 0 Å². The van der Waals surface area contributed by atoms with Crippen molar-refractivity contribution in [3.05, 3.63) is 30.1 Å². The van der Waals surface area contributed by atoms with Crippen LogP contribution in [0.3, 0.4) is 0 Å². The summed E-state index contributed by atoms with van der Waals surface area (Å²) in [6.07, 6.45) is 2.94. The molecular formula is C13H18N2O4. The summed E-state index contributed by atoms with van der Waals surface area (Å²) in [5.41, 5.74) is 2.76. The van der Waals surface area contributed by atoms with E-state index in [9.17, 15) is 9.59 Å². The first-order chi connectivity index (χ1) is 9.06. The second kappa shape index (κ2) is 7.48.